The molecule has 1 saturated carbocycles. The van der Waals surface area contributed by atoms with Gasteiger partial charge in [0.15, 0.2) is 5.78 Å². The molecular weight excluding hydrogens is 344 g/mol. The SMILES string of the molecule is CC1=CC(=O)C2=C(C)C[C@H](OC(=O)C3CCCCC3)[C@@H]3[C@H](OC(=O)[C@H]3C)[C@H]12. The molecule has 3 aliphatic carbocycles. The molecule has 0 unspecified atom stereocenters. The van der Waals surface area contributed by atoms with Crippen LogP contribution in [0.15, 0.2) is 22.8 Å². The van der Waals surface area contributed by atoms with Crippen LogP contribution in [0, 0.1) is 23.7 Å². The molecule has 0 aromatic rings. The van der Waals surface area contributed by atoms with Gasteiger partial charge in [-0.05, 0) is 32.8 Å². The summed E-state index contributed by atoms with van der Waals surface area (Å²) in [5.74, 6) is -1.18. The number of esters is 2. The molecule has 1 heterocycles. The summed E-state index contributed by atoms with van der Waals surface area (Å²) in [6, 6.07) is 0. The molecule has 5 nitrogen and oxygen atoms in total. The van der Waals surface area contributed by atoms with Gasteiger partial charge in [0, 0.05) is 23.8 Å². The number of ether oxygens (including phenoxy) is 2. The summed E-state index contributed by atoms with van der Waals surface area (Å²) in [6.45, 7) is 5.72. The molecule has 2 fully saturated rings. The molecule has 0 spiro atoms. The summed E-state index contributed by atoms with van der Waals surface area (Å²) in [5.41, 5.74) is 2.63. The maximum absolute atomic E-state index is 12.8. The Hall–Kier alpha value is -1.91. The molecule has 1 aliphatic heterocycles. The number of carbonyl (C=O) groups excluding carboxylic acids is 3. The average molecular weight is 372 g/mol. The molecule has 0 aromatic heterocycles. The van der Waals surface area contributed by atoms with Gasteiger partial charge < -0.3 is 9.47 Å². The van der Waals surface area contributed by atoms with Crippen molar-refractivity contribution in [1.82, 2.24) is 0 Å². The third kappa shape index (κ3) is 3.05. The van der Waals surface area contributed by atoms with Crippen molar-refractivity contribution < 1.29 is 23.9 Å². The lowest BCUT2D eigenvalue weighted by Gasteiger charge is -2.31. The van der Waals surface area contributed by atoms with Gasteiger partial charge in [-0.3, -0.25) is 14.4 Å². The fourth-order valence-electron chi connectivity index (χ4n) is 5.49. The van der Waals surface area contributed by atoms with Gasteiger partial charge in [0.25, 0.3) is 0 Å². The average Bonchev–Trinajstić information content (AvgIpc) is 3.05. The van der Waals surface area contributed by atoms with Crippen molar-refractivity contribution in [2.24, 2.45) is 23.7 Å². The predicted octanol–water partition coefficient (Wildman–Crippen LogP) is 3.52. The number of allylic oxidation sites excluding steroid dienone is 1. The van der Waals surface area contributed by atoms with Crippen LogP contribution in [0.5, 0.6) is 0 Å². The first-order chi connectivity index (χ1) is 12.9. The van der Waals surface area contributed by atoms with E-state index in [1.165, 1.54) is 6.42 Å². The van der Waals surface area contributed by atoms with E-state index in [0.29, 0.717) is 6.42 Å². The van der Waals surface area contributed by atoms with E-state index >= 15 is 0 Å². The van der Waals surface area contributed by atoms with Gasteiger partial charge in [-0.25, -0.2) is 0 Å². The third-order valence-corrected chi connectivity index (χ3v) is 6.94. The predicted molar refractivity (Wildman–Crippen MR) is 98.6 cm³/mol. The van der Waals surface area contributed by atoms with Crippen LogP contribution in [0.25, 0.3) is 0 Å². The van der Waals surface area contributed by atoms with Crippen molar-refractivity contribution in [3.8, 4) is 0 Å². The van der Waals surface area contributed by atoms with Crippen molar-refractivity contribution >= 4 is 17.7 Å². The van der Waals surface area contributed by atoms with Gasteiger partial charge >= 0.3 is 11.9 Å². The molecule has 27 heavy (non-hydrogen) atoms. The summed E-state index contributed by atoms with van der Waals surface area (Å²) in [4.78, 5) is 37.7. The second kappa shape index (κ2) is 6.92. The zero-order valence-electron chi connectivity index (χ0n) is 16.3. The second-order valence-corrected chi connectivity index (χ2v) is 8.71. The minimum atomic E-state index is -0.424. The molecule has 146 valence electrons. The van der Waals surface area contributed by atoms with E-state index in [9.17, 15) is 14.4 Å². The zero-order chi connectivity index (χ0) is 19.3. The van der Waals surface area contributed by atoms with Gasteiger partial charge in [0.05, 0.1) is 11.8 Å². The van der Waals surface area contributed by atoms with E-state index in [1.54, 1.807) is 6.08 Å². The zero-order valence-corrected chi connectivity index (χ0v) is 16.3. The Labute approximate surface area is 160 Å². The molecule has 4 rings (SSSR count). The Balaban J connectivity index is 1.65. The smallest absolute Gasteiger partial charge is 0.309 e. The molecule has 4 aliphatic rings. The lowest BCUT2D eigenvalue weighted by Crippen LogP contribution is -2.39. The minimum Gasteiger partial charge on any atom is -0.461 e. The van der Waals surface area contributed by atoms with E-state index in [1.807, 2.05) is 20.8 Å². The van der Waals surface area contributed by atoms with Gasteiger partial charge in [-0.15, -0.1) is 0 Å². The first-order valence-electron chi connectivity index (χ1n) is 10.2. The van der Waals surface area contributed by atoms with Crippen LogP contribution in [-0.4, -0.2) is 29.9 Å². The molecule has 0 amide bonds. The number of hydrogen-bond donors (Lipinski definition) is 0. The van der Waals surface area contributed by atoms with Crippen LogP contribution >= 0.6 is 0 Å². The van der Waals surface area contributed by atoms with Gasteiger partial charge in [-0.1, -0.05) is 37.3 Å². The molecule has 5 atom stereocenters. The third-order valence-electron chi connectivity index (χ3n) is 6.94. The van der Waals surface area contributed by atoms with Crippen molar-refractivity contribution in [2.75, 3.05) is 0 Å². The van der Waals surface area contributed by atoms with Crippen molar-refractivity contribution in [2.45, 2.75) is 71.5 Å². The summed E-state index contributed by atoms with van der Waals surface area (Å²) >= 11 is 0. The monoisotopic (exact) mass is 372 g/mol. The van der Waals surface area contributed by atoms with E-state index in [-0.39, 0.29) is 41.4 Å². The van der Waals surface area contributed by atoms with Crippen LogP contribution in [0.2, 0.25) is 0 Å². The lowest BCUT2D eigenvalue weighted by atomic mass is 9.79. The molecule has 1 saturated heterocycles. The number of hydrogen-bond acceptors (Lipinski definition) is 5. The van der Waals surface area contributed by atoms with E-state index in [2.05, 4.69) is 0 Å². The van der Waals surface area contributed by atoms with Crippen LogP contribution < -0.4 is 0 Å². The van der Waals surface area contributed by atoms with Crippen molar-refractivity contribution in [3.63, 3.8) is 0 Å². The quantitative estimate of drug-likeness (QED) is 0.694. The molecule has 0 radical (unpaired) electrons. The van der Waals surface area contributed by atoms with Gasteiger partial charge in [-0.2, -0.15) is 0 Å². The summed E-state index contributed by atoms with van der Waals surface area (Å²) in [7, 11) is 0. The summed E-state index contributed by atoms with van der Waals surface area (Å²) in [5, 5.41) is 0. The Morgan fingerprint density at radius 2 is 1.85 bits per heavy atom. The van der Waals surface area contributed by atoms with Crippen LogP contribution in [0.3, 0.4) is 0 Å². The first kappa shape index (κ1) is 18.5. The minimum absolute atomic E-state index is 0.00334. The van der Waals surface area contributed by atoms with E-state index in [4.69, 9.17) is 9.47 Å². The van der Waals surface area contributed by atoms with Gasteiger partial charge in [0.2, 0.25) is 0 Å². The van der Waals surface area contributed by atoms with Crippen molar-refractivity contribution in [1.29, 1.82) is 0 Å². The molecular formula is C22H28O5. The molecule has 0 aromatic carbocycles. The van der Waals surface area contributed by atoms with Crippen molar-refractivity contribution in [3.05, 3.63) is 22.8 Å². The normalized spacial score (nSPS) is 36.7. The van der Waals surface area contributed by atoms with Gasteiger partial charge in [0.1, 0.15) is 12.2 Å². The Morgan fingerprint density at radius 1 is 1.15 bits per heavy atom. The number of fused-ring (bicyclic) bond motifs is 3. The maximum Gasteiger partial charge on any atom is 0.309 e. The second-order valence-electron chi connectivity index (χ2n) is 8.71. The highest BCUT2D eigenvalue weighted by Crippen LogP contribution is 2.48. The highest BCUT2D eigenvalue weighted by Gasteiger charge is 2.55. The number of carbonyl (C=O) groups is 3. The summed E-state index contributed by atoms with van der Waals surface area (Å²) in [6.07, 6.45) is 6.40. The highest BCUT2D eigenvalue weighted by atomic mass is 16.6. The van der Waals surface area contributed by atoms with Crippen LogP contribution in [0.4, 0.5) is 0 Å². The maximum atomic E-state index is 12.8. The number of ketones is 1. The topological polar surface area (TPSA) is 69.7 Å². The highest BCUT2D eigenvalue weighted by molar-refractivity contribution is 6.09. The largest absolute Gasteiger partial charge is 0.461 e. The van der Waals surface area contributed by atoms with E-state index < -0.39 is 12.2 Å². The Bertz CT molecular complexity index is 740. The van der Waals surface area contributed by atoms with Crippen LogP contribution in [0.1, 0.15) is 59.3 Å². The fourth-order valence-corrected chi connectivity index (χ4v) is 5.49. The summed E-state index contributed by atoms with van der Waals surface area (Å²) < 4.78 is 11.8. The van der Waals surface area contributed by atoms with E-state index in [0.717, 1.165) is 42.4 Å². The molecule has 5 heteroatoms. The molecule has 0 N–H and O–H groups in total. The molecule has 0 bridgehead atoms. The number of rotatable bonds is 2. The standard InChI is InChI=1S/C22H28O5/c1-11-9-15(23)17-12(2)10-16(26-22(25)14-7-5-4-6-8-14)19-13(3)21(24)27-20(19)18(11)17/h9,13-14,16,18-20H,4-8,10H2,1-3H3/t13-,16-,18+,19+,20+/m0/s1. The first-order valence-corrected chi connectivity index (χ1v) is 10.2. The van der Waals surface area contributed by atoms with Crippen LogP contribution in [-0.2, 0) is 23.9 Å². The Kier molecular flexibility index (Phi) is 4.73. The lowest BCUT2D eigenvalue weighted by molar-refractivity contribution is -0.159. The fraction of sp³-hybridized carbons (Fsp3) is 0.682. The Morgan fingerprint density at radius 3 is 2.56 bits per heavy atom.